The van der Waals surface area contributed by atoms with Crippen molar-refractivity contribution in [3.63, 3.8) is 0 Å². The summed E-state index contributed by atoms with van der Waals surface area (Å²) in [5.74, 6) is -1.88. The van der Waals surface area contributed by atoms with Crippen LogP contribution in [0.3, 0.4) is 0 Å². The molecule has 1 aliphatic heterocycles. The van der Waals surface area contributed by atoms with Crippen LogP contribution in [-0.2, 0) is 9.59 Å². The van der Waals surface area contributed by atoms with E-state index >= 15 is 0 Å². The topological polar surface area (TPSA) is 158 Å². The molecule has 9 heteroatoms. The maximum absolute atomic E-state index is 11.4. The molecule has 0 fully saturated rings. The van der Waals surface area contributed by atoms with E-state index in [1.807, 2.05) is 6.07 Å². The first-order chi connectivity index (χ1) is 14.6. The van der Waals surface area contributed by atoms with Gasteiger partial charge in [0.25, 0.3) is 0 Å². The molecule has 0 atom stereocenters. The second kappa shape index (κ2) is 9.30. The van der Waals surface area contributed by atoms with Gasteiger partial charge in [0.2, 0.25) is 0 Å². The van der Waals surface area contributed by atoms with Crippen molar-refractivity contribution in [2.75, 3.05) is 13.2 Å². The van der Waals surface area contributed by atoms with E-state index in [0.717, 1.165) is 0 Å². The number of nitriles is 3. The highest BCUT2D eigenvalue weighted by Crippen LogP contribution is 2.43. The van der Waals surface area contributed by atoms with E-state index in [0.29, 0.717) is 16.9 Å². The molecule has 2 N–H and O–H groups in total. The number of rotatable bonds is 7. The van der Waals surface area contributed by atoms with E-state index in [-0.39, 0.29) is 16.8 Å². The molecule has 0 radical (unpaired) electrons. The third-order valence-electron chi connectivity index (χ3n) is 4.66. The molecule has 0 spiro atoms. The highest BCUT2D eigenvalue weighted by atomic mass is 16.5. The van der Waals surface area contributed by atoms with Gasteiger partial charge in [-0.15, -0.1) is 0 Å². The van der Waals surface area contributed by atoms with Gasteiger partial charge in [0.15, 0.2) is 12.2 Å². The van der Waals surface area contributed by atoms with Gasteiger partial charge in [0.1, 0.15) is 30.5 Å². The Kier molecular flexibility index (Phi) is 6.82. The predicted molar refractivity (Wildman–Crippen MR) is 108 cm³/mol. The molecule has 156 valence electrons. The number of allylic oxidation sites excluding steroid dienone is 2. The van der Waals surface area contributed by atoms with Crippen LogP contribution in [0, 0.1) is 34.0 Å². The molecule has 0 saturated heterocycles. The Morgan fingerprint density at radius 1 is 1.06 bits per heavy atom. The first-order valence-electron chi connectivity index (χ1n) is 8.97. The lowest BCUT2D eigenvalue weighted by molar-refractivity contribution is -0.139. The van der Waals surface area contributed by atoms with Crippen molar-refractivity contribution in [3.8, 4) is 24.0 Å². The number of carboxylic acid groups (broad SMARTS) is 2. The van der Waals surface area contributed by atoms with E-state index in [9.17, 15) is 30.5 Å². The van der Waals surface area contributed by atoms with Gasteiger partial charge in [-0.25, -0.2) is 4.79 Å². The van der Waals surface area contributed by atoms with Gasteiger partial charge >= 0.3 is 11.9 Å². The molecule has 0 aromatic heterocycles. The Balaban J connectivity index is 2.49. The fraction of sp³-hybridized carbons (Fsp3) is 0.227. The quantitative estimate of drug-likeness (QED) is 0.634. The Hall–Kier alpha value is -4.55. The summed E-state index contributed by atoms with van der Waals surface area (Å²) >= 11 is 0. The van der Waals surface area contributed by atoms with Gasteiger partial charge in [0, 0.05) is 0 Å². The lowest BCUT2D eigenvalue weighted by atomic mass is 9.92. The van der Waals surface area contributed by atoms with E-state index in [2.05, 4.69) is 0 Å². The molecule has 31 heavy (non-hydrogen) atoms. The van der Waals surface area contributed by atoms with E-state index in [1.165, 1.54) is 4.90 Å². The molecular formula is C22H18N4O5. The average molecular weight is 418 g/mol. The Labute approximate surface area is 178 Å². The van der Waals surface area contributed by atoms with Crippen LogP contribution in [0.2, 0.25) is 0 Å². The molecule has 0 bridgehead atoms. The monoisotopic (exact) mass is 418 g/mol. The SMILES string of the molecule is CC1(C)C(/C=C/c2ccc(OCC(=O)O)cc2)=C(C#N)C(=C(C#N)C#N)N1CC(=O)O. The van der Waals surface area contributed by atoms with Crippen molar-refractivity contribution in [3.05, 3.63) is 58.3 Å². The van der Waals surface area contributed by atoms with Crippen LogP contribution in [0.1, 0.15) is 19.4 Å². The van der Waals surface area contributed by atoms with Crippen molar-refractivity contribution < 1.29 is 24.5 Å². The van der Waals surface area contributed by atoms with Gasteiger partial charge < -0.3 is 19.8 Å². The number of benzene rings is 1. The zero-order valence-electron chi connectivity index (χ0n) is 16.8. The molecule has 9 nitrogen and oxygen atoms in total. The molecule has 1 aromatic carbocycles. The summed E-state index contributed by atoms with van der Waals surface area (Å²) < 4.78 is 5.08. The van der Waals surface area contributed by atoms with Crippen molar-refractivity contribution >= 4 is 18.0 Å². The summed E-state index contributed by atoms with van der Waals surface area (Å²) in [6.07, 6.45) is 3.33. The Bertz CT molecular complexity index is 1110. The van der Waals surface area contributed by atoms with Crippen LogP contribution in [0.15, 0.2) is 52.8 Å². The van der Waals surface area contributed by atoms with Crippen molar-refractivity contribution in [1.82, 2.24) is 4.90 Å². The minimum absolute atomic E-state index is 0.00281. The van der Waals surface area contributed by atoms with Crippen molar-refractivity contribution in [2.24, 2.45) is 0 Å². The van der Waals surface area contributed by atoms with Gasteiger partial charge in [0.05, 0.1) is 16.8 Å². The molecule has 0 unspecified atom stereocenters. The van der Waals surface area contributed by atoms with E-state index < -0.39 is 30.6 Å². The summed E-state index contributed by atoms with van der Waals surface area (Å²) in [6, 6.07) is 12.0. The highest BCUT2D eigenvalue weighted by Gasteiger charge is 2.44. The maximum Gasteiger partial charge on any atom is 0.341 e. The average Bonchev–Trinajstić information content (AvgIpc) is 2.92. The number of carboxylic acids is 2. The second-order valence-electron chi connectivity index (χ2n) is 6.97. The highest BCUT2D eigenvalue weighted by molar-refractivity contribution is 5.73. The van der Waals surface area contributed by atoms with Crippen molar-refractivity contribution in [2.45, 2.75) is 19.4 Å². The smallest absolute Gasteiger partial charge is 0.341 e. The molecule has 0 aliphatic carbocycles. The lowest BCUT2D eigenvalue weighted by Crippen LogP contribution is -2.43. The second-order valence-corrected chi connectivity index (χ2v) is 6.97. The van der Waals surface area contributed by atoms with Gasteiger partial charge in [-0.05, 0) is 37.1 Å². The zero-order chi connectivity index (χ0) is 23.2. The first-order valence-corrected chi connectivity index (χ1v) is 8.97. The van der Waals surface area contributed by atoms with Crippen LogP contribution < -0.4 is 4.74 Å². The summed E-state index contributed by atoms with van der Waals surface area (Å²) in [6.45, 7) is 2.45. The fourth-order valence-corrected chi connectivity index (χ4v) is 3.20. The minimum atomic E-state index is -1.17. The van der Waals surface area contributed by atoms with E-state index in [1.54, 1.807) is 62.4 Å². The maximum atomic E-state index is 11.4. The molecule has 1 aliphatic rings. The zero-order valence-corrected chi connectivity index (χ0v) is 16.8. The lowest BCUT2D eigenvalue weighted by Gasteiger charge is -2.34. The largest absolute Gasteiger partial charge is 0.482 e. The molecular weight excluding hydrogens is 400 g/mol. The normalized spacial score (nSPS) is 14.7. The summed E-state index contributed by atoms with van der Waals surface area (Å²) in [5.41, 5.74) is -0.0846. The summed E-state index contributed by atoms with van der Waals surface area (Å²) in [7, 11) is 0. The summed E-state index contributed by atoms with van der Waals surface area (Å²) in [4.78, 5) is 23.3. The van der Waals surface area contributed by atoms with Crippen LogP contribution >= 0.6 is 0 Å². The molecule has 1 aromatic rings. The number of carbonyl (C=O) groups is 2. The van der Waals surface area contributed by atoms with Gasteiger partial charge in [-0.1, -0.05) is 24.3 Å². The van der Waals surface area contributed by atoms with Crippen LogP contribution in [0.5, 0.6) is 5.75 Å². The summed E-state index contributed by atoms with van der Waals surface area (Å²) in [5, 5.41) is 46.3. The van der Waals surface area contributed by atoms with Crippen LogP contribution in [-0.4, -0.2) is 45.7 Å². The molecule has 0 saturated carbocycles. The fourth-order valence-electron chi connectivity index (χ4n) is 3.20. The molecule has 0 amide bonds. The number of hydrogen-bond acceptors (Lipinski definition) is 7. The number of nitrogens with zero attached hydrogens (tertiary/aromatic N) is 4. The van der Waals surface area contributed by atoms with Gasteiger partial charge in [-0.3, -0.25) is 4.79 Å². The first kappa shape index (κ1) is 22.7. The molecule has 1 heterocycles. The standard InChI is InChI=1S/C22H18N4O5/c1-22(2)18(8-5-14-3-6-16(7-4-14)31-13-20(29)30)17(11-25)21(15(9-23)10-24)26(22)12-19(27)28/h3-8H,12-13H2,1-2H3,(H,27,28)(H,29,30)/b8-5+. The Morgan fingerprint density at radius 2 is 1.68 bits per heavy atom. The Morgan fingerprint density at radius 3 is 2.16 bits per heavy atom. The van der Waals surface area contributed by atoms with Gasteiger partial charge in [-0.2, -0.15) is 15.8 Å². The van der Waals surface area contributed by atoms with E-state index in [4.69, 9.17) is 9.84 Å². The minimum Gasteiger partial charge on any atom is -0.482 e. The van der Waals surface area contributed by atoms with Crippen LogP contribution in [0.4, 0.5) is 0 Å². The predicted octanol–water partition coefficient (Wildman–Crippen LogP) is 2.46. The molecule has 2 rings (SSSR count). The number of ether oxygens (including phenoxy) is 1. The van der Waals surface area contributed by atoms with Crippen molar-refractivity contribution in [1.29, 1.82) is 15.8 Å². The number of hydrogen-bond donors (Lipinski definition) is 2. The third-order valence-corrected chi connectivity index (χ3v) is 4.66. The third kappa shape index (κ3) is 4.90. The number of aliphatic carboxylic acids is 2. The van der Waals surface area contributed by atoms with Crippen LogP contribution in [0.25, 0.3) is 6.08 Å².